The molecule has 2 N–H and O–H groups in total. The van der Waals surface area contributed by atoms with Crippen LogP contribution in [0.5, 0.6) is 0 Å². The van der Waals surface area contributed by atoms with Crippen molar-refractivity contribution in [3.8, 4) is 0 Å². The van der Waals surface area contributed by atoms with Gasteiger partial charge < -0.3 is 10.6 Å². The van der Waals surface area contributed by atoms with Crippen LogP contribution in [-0.4, -0.2) is 24.7 Å². The third-order valence-corrected chi connectivity index (χ3v) is 3.90. The summed E-state index contributed by atoms with van der Waals surface area (Å²) in [4.78, 5) is 0. The van der Waals surface area contributed by atoms with Crippen LogP contribution < -0.4 is 10.6 Å². The van der Waals surface area contributed by atoms with Gasteiger partial charge >= 0.3 is 0 Å². The molecule has 0 aliphatic heterocycles. The minimum Gasteiger partial charge on any atom is -0.312 e. The summed E-state index contributed by atoms with van der Waals surface area (Å²) in [5, 5.41) is 7.19. The number of likely N-dealkylation sites (N-methyl/N-ethyl adjacent to an activating group) is 1. The summed E-state index contributed by atoms with van der Waals surface area (Å²) >= 11 is 0. The van der Waals surface area contributed by atoms with Crippen molar-refractivity contribution in [3.63, 3.8) is 0 Å². The lowest BCUT2D eigenvalue weighted by Crippen LogP contribution is -2.49. The zero-order valence-corrected chi connectivity index (χ0v) is 11.6. The third-order valence-electron chi connectivity index (χ3n) is 3.90. The maximum atomic E-state index is 3.61. The molecule has 2 nitrogen and oxygen atoms in total. The number of hydrogen-bond donors (Lipinski definition) is 2. The molecule has 0 bridgehead atoms. The molecule has 1 aliphatic rings. The molecule has 0 fully saturated rings. The fourth-order valence-electron chi connectivity index (χ4n) is 2.72. The molecule has 2 atom stereocenters. The molecule has 94 valence electrons. The Labute approximate surface area is 101 Å². The summed E-state index contributed by atoms with van der Waals surface area (Å²) in [5.41, 5.74) is 1.77. The number of hydrogen-bond acceptors (Lipinski definition) is 2. The Balaban J connectivity index is 2.65. The molecule has 16 heavy (non-hydrogen) atoms. The van der Waals surface area contributed by atoms with Crippen LogP contribution in [0.15, 0.2) is 11.6 Å². The quantitative estimate of drug-likeness (QED) is 0.702. The lowest BCUT2D eigenvalue weighted by molar-refractivity contribution is 0.221. The average molecular weight is 224 g/mol. The Bertz CT molecular complexity index is 243. The number of allylic oxidation sites excluding steroid dienone is 1. The van der Waals surface area contributed by atoms with E-state index in [9.17, 15) is 0 Å². The Kier molecular flexibility index (Phi) is 5.00. The first-order valence-electron chi connectivity index (χ1n) is 6.66. The fourth-order valence-corrected chi connectivity index (χ4v) is 2.72. The molecule has 1 rings (SSSR count). The van der Waals surface area contributed by atoms with E-state index in [4.69, 9.17) is 0 Å². The molecule has 0 radical (unpaired) electrons. The van der Waals surface area contributed by atoms with Crippen LogP contribution in [0.3, 0.4) is 0 Å². The van der Waals surface area contributed by atoms with Gasteiger partial charge in [-0.25, -0.2) is 0 Å². The smallest absolute Gasteiger partial charge is 0.0280 e. The summed E-state index contributed by atoms with van der Waals surface area (Å²) in [6, 6.07) is 0.585. The zero-order chi connectivity index (χ0) is 12.2. The first kappa shape index (κ1) is 13.7. The molecule has 0 amide bonds. The highest BCUT2D eigenvalue weighted by atomic mass is 15.0. The lowest BCUT2D eigenvalue weighted by Gasteiger charge is -2.40. The highest BCUT2D eigenvalue weighted by molar-refractivity contribution is 5.14. The zero-order valence-electron chi connectivity index (χ0n) is 11.6. The summed E-state index contributed by atoms with van der Waals surface area (Å²) < 4.78 is 0. The van der Waals surface area contributed by atoms with Crippen molar-refractivity contribution in [3.05, 3.63) is 11.6 Å². The van der Waals surface area contributed by atoms with Crippen LogP contribution in [0, 0.1) is 5.92 Å². The van der Waals surface area contributed by atoms with Crippen LogP contribution in [0.2, 0.25) is 0 Å². The number of nitrogens with one attached hydrogen (secondary N) is 2. The van der Waals surface area contributed by atoms with E-state index in [0.29, 0.717) is 6.04 Å². The molecule has 1 aliphatic carbocycles. The molecule has 0 aromatic rings. The van der Waals surface area contributed by atoms with Gasteiger partial charge in [-0.1, -0.05) is 25.5 Å². The van der Waals surface area contributed by atoms with Crippen LogP contribution in [0.1, 0.15) is 47.5 Å². The molecule has 1 unspecified atom stereocenters. The Morgan fingerprint density at radius 2 is 2.00 bits per heavy atom. The van der Waals surface area contributed by atoms with Crippen LogP contribution in [0.4, 0.5) is 0 Å². The van der Waals surface area contributed by atoms with E-state index in [-0.39, 0.29) is 5.54 Å². The van der Waals surface area contributed by atoms with Crippen molar-refractivity contribution in [2.45, 2.75) is 59.0 Å². The van der Waals surface area contributed by atoms with Gasteiger partial charge in [-0.3, -0.25) is 0 Å². The fraction of sp³-hybridized carbons (Fsp3) is 0.857. The maximum Gasteiger partial charge on any atom is 0.0280 e. The van der Waals surface area contributed by atoms with Crippen molar-refractivity contribution in [1.29, 1.82) is 0 Å². The van der Waals surface area contributed by atoms with Gasteiger partial charge in [0, 0.05) is 11.6 Å². The standard InChI is InChI=1S/C14H28N2/c1-6-15-13-10-12(9-8-11(13)3)14(4,5)16-7-2/h8,12-13,15-16H,6-7,9-10H2,1-5H3/t12?,13-/m1/s1. The Hall–Kier alpha value is -0.340. The van der Waals surface area contributed by atoms with Gasteiger partial charge in [-0.2, -0.15) is 0 Å². The van der Waals surface area contributed by atoms with Crippen molar-refractivity contribution in [2.24, 2.45) is 5.92 Å². The molecule has 0 aromatic carbocycles. The highest BCUT2D eigenvalue weighted by Gasteiger charge is 2.32. The Morgan fingerprint density at radius 3 is 2.56 bits per heavy atom. The van der Waals surface area contributed by atoms with E-state index in [1.54, 1.807) is 0 Å². The van der Waals surface area contributed by atoms with Gasteiger partial charge in [-0.15, -0.1) is 0 Å². The average Bonchev–Trinajstić information content (AvgIpc) is 2.21. The van der Waals surface area contributed by atoms with Crippen molar-refractivity contribution >= 4 is 0 Å². The predicted molar refractivity (Wildman–Crippen MR) is 71.7 cm³/mol. The summed E-state index contributed by atoms with van der Waals surface area (Å²) in [5.74, 6) is 0.736. The lowest BCUT2D eigenvalue weighted by atomic mass is 9.75. The van der Waals surface area contributed by atoms with Gasteiger partial charge in [0.2, 0.25) is 0 Å². The monoisotopic (exact) mass is 224 g/mol. The molecule has 0 spiro atoms. The third kappa shape index (κ3) is 3.33. The predicted octanol–water partition coefficient (Wildman–Crippen LogP) is 2.71. The van der Waals surface area contributed by atoms with Gasteiger partial charge in [0.1, 0.15) is 0 Å². The topological polar surface area (TPSA) is 24.1 Å². The van der Waals surface area contributed by atoms with E-state index in [1.165, 1.54) is 18.4 Å². The first-order valence-corrected chi connectivity index (χ1v) is 6.66. The Morgan fingerprint density at radius 1 is 1.31 bits per heavy atom. The summed E-state index contributed by atoms with van der Waals surface area (Å²) in [7, 11) is 0. The van der Waals surface area contributed by atoms with E-state index in [2.05, 4.69) is 51.3 Å². The van der Waals surface area contributed by atoms with E-state index in [0.717, 1.165) is 19.0 Å². The second-order valence-corrected chi connectivity index (χ2v) is 5.48. The molecule has 0 aromatic heterocycles. The van der Waals surface area contributed by atoms with Gasteiger partial charge in [-0.05, 0) is 52.6 Å². The van der Waals surface area contributed by atoms with Crippen LogP contribution >= 0.6 is 0 Å². The van der Waals surface area contributed by atoms with Crippen molar-refractivity contribution in [1.82, 2.24) is 10.6 Å². The summed E-state index contributed by atoms with van der Waals surface area (Å²) in [6.45, 7) is 13.4. The van der Waals surface area contributed by atoms with Gasteiger partial charge in [0.25, 0.3) is 0 Å². The van der Waals surface area contributed by atoms with Gasteiger partial charge in [0.05, 0.1) is 0 Å². The van der Waals surface area contributed by atoms with Crippen molar-refractivity contribution < 1.29 is 0 Å². The molecular weight excluding hydrogens is 196 g/mol. The normalized spacial score (nSPS) is 26.7. The maximum absolute atomic E-state index is 3.61. The number of rotatable bonds is 5. The van der Waals surface area contributed by atoms with Crippen LogP contribution in [0.25, 0.3) is 0 Å². The second-order valence-electron chi connectivity index (χ2n) is 5.48. The first-order chi connectivity index (χ1) is 7.51. The van der Waals surface area contributed by atoms with Crippen LogP contribution in [-0.2, 0) is 0 Å². The van der Waals surface area contributed by atoms with E-state index in [1.807, 2.05) is 0 Å². The molecular formula is C14H28N2. The second kappa shape index (κ2) is 5.83. The highest BCUT2D eigenvalue weighted by Crippen LogP contribution is 2.31. The molecule has 0 heterocycles. The largest absolute Gasteiger partial charge is 0.312 e. The minimum atomic E-state index is 0.250. The van der Waals surface area contributed by atoms with Crippen molar-refractivity contribution in [2.75, 3.05) is 13.1 Å². The molecule has 0 saturated carbocycles. The molecule has 2 heteroatoms. The van der Waals surface area contributed by atoms with Gasteiger partial charge in [0.15, 0.2) is 0 Å². The minimum absolute atomic E-state index is 0.250. The van der Waals surface area contributed by atoms with E-state index < -0.39 is 0 Å². The van der Waals surface area contributed by atoms with E-state index >= 15 is 0 Å². The SMILES string of the molecule is CCN[C@@H]1CC(C(C)(C)NCC)CC=C1C. The summed E-state index contributed by atoms with van der Waals surface area (Å²) in [6.07, 6.45) is 4.89. The molecule has 0 saturated heterocycles.